The summed E-state index contributed by atoms with van der Waals surface area (Å²) in [5.41, 5.74) is 0. The van der Waals surface area contributed by atoms with Crippen LogP contribution in [0, 0.1) is 5.92 Å². The third kappa shape index (κ3) is 21.7. The van der Waals surface area contributed by atoms with E-state index in [9.17, 15) is 0 Å². The fourth-order valence-corrected chi connectivity index (χ4v) is 1.78. The highest BCUT2D eigenvalue weighted by Gasteiger charge is 2.08. The third-order valence-corrected chi connectivity index (χ3v) is 2.45. The monoisotopic (exact) mass is 245 g/mol. The van der Waals surface area contributed by atoms with Crippen LogP contribution in [0.3, 0.4) is 0 Å². The van der Waals surface area contributed by atoms with E-state index in [2.05, 4.69) is 46.9 Å². The van der Waals surface area contributed by atoms with Crippen LogP contribution in [0.2, 0.25) is 0 Å². The average Bonchev–Trinajstić information content (AvgIpc) is 2.32. The van der Waals surface area contributed by atoms with Crippen molar-refractivity contribution in [1.29, 1.82) is 0 Å². The van der Waals surface area contributed by atoms with Crippen molar-refractivity contribution in [2.24, 2.45) is 5.92 Å². The standard InChI is InChI=1S/C11H25N.C3H8.C2H6/c1-5-8-10(4)9-11(6-2)12-7-3;1-3-2;1-2/h10-12H,5-9H2,1-4H3;3H2,1-2H3;1-2H3. The molecule has 0 aromatic rings. The summed E-state index contributed by atoms with van der Waals surface area (Å²) in [4.78, 5) is 0. The van der Waals surface area contributed by atoms with Gasteiger partial charge < -0.3 is 5.32 Å². The Balaban J connectivity index is -0.000000337. The predicted octanol–water partition coefficient (Wildman–Crippen LogP) is 5.64. The van der Waals surface area contributed by atoms with Crippen molar-refractivity contribution in [2.45, 2.75) is 93.5 Å². The first-order chi connectivity index (χ1) is 8.15. The smallest absolute Gasteiger partial charge is 0.00668 e. The van der Waals surface area contributed by atoms with E-state index in [0.29, 0.717) is 0 Å². The minimum absolute atomic E-state index is 0.747. The van der Waals surface area contributed by atoms with Gasteiger partial charge in [0.1, 0.15) is 0 Å². The van der Waals surface area contributed by atoms with Crippen LogP contribution in [-0.2, 0) is 0 Å². The van der Waals surface area contributed by atoms with E-state index in [1.165, 1.54) is 32.1 Å². The van der Waals surface area contributed by atoms with Gasteiger partial charge in [0.25, 0.3) is 0 Å². The van der Waals surface area contributed by atoms with Gasteiger partial charge in [-0.25, -0.2) is 0 Å². The van der Waals surface area contributed by atoms with E-state index in [1.807, 2.05) is 13.8 Å². The first-order valence-electron chi connectivity index (χ1n) is 7.89. The van der Waals surface area contributed by atoms with E-state index in [0.717, 1.165) is 18.5 Å². The molecule has 0 fully saturated rings. The summed E-state index contributed by atoms with van der Waals surface area (Å²) in [5, 5.41) is 3.52. The SMILES string of the molecule is CC.CCC.CCCC(C)CC(CC)NCC. The Morgan fingerprint density at radius 3 is 1.71 bits per heavy atom. The summed E-state index contributed by atoms with van der Waals surface area (Å²) >= 11 is 0. The lowest BCUT2D eigenvalue weighted by molar-refractivity contribution is 0.380. The van der Waals surface area contributed by atoms with Gasteiger partial charge in [0, 0.05) is 6.04 Å². The zero-order valence-corrected chi connectivity index (χ0v) is 13.9. The first kappa shape index (κ1) is 22.2. The van der Waals surface area contributed by atoms with Gasteiger partial charge in [-0.3, -0.25) is 0 Å². The van der Waals surface area contributed by atoms with Crippen molar-refractivity contribution in [3.63, 3.8) is 0 Å². The summed E-state index contributed by atoms with van der Waals surface area (Å²) in [6.07, 6.45) is 6.56. The Bertz CT molecular complexity index is 102. The normalized spacial score (nSPS) is 12.7. The molecule has 0 radical (unpaired) electrons. The van der Waals surface area contributed by atoms with Gasteiger partial charge in [0.2, 0.25) is 0 Å². The molecular weight excluding hydrogens is 206 g/mol. The Morgan fingerprint density at radius 2 is 1.41 bits per heavy atom. The number of nitrogens with one attached hydrogen (secondary N) is 1. The molecule has 108 valence electrons. The molecule has 0 saturated carbocycles. The molecule has 0 heterocycles. The van der Waals surface area contributed by atoms with Crippen LogP contribution in [0.1, 0.15) is 87.5 Å². The first-order valence-corrected chi connectivity index (χ1v) is 7.89. The lowest BCUT2D eigenvalue weighted by atomic mass is 9.96. The molecule has 1 N–H and O–H groups in total. The quantitative estimate of drug-likeness (QED) is 0.611. The maximum Gasteiger partial charge on any atom is 0.00668 e. The van der Waals surface area contributed by atoms with Crippen molar-refractivity contribution in [3.05, 3.63) is 0 Å². The largest absolute Gasteiger partial charge is 0.314 e. The number of hydrogen-bond acceptors (Lipinski definition) is 1. The fraction of sp³-hybridized carbons (Fsp3) is 1.00. The van der Waals surface area contributed by atoms with Gasteiger partial charge in [-0.15, -0.1) is 0 Å². The van der Waals surface area contributed by atoms with E-state index < -0.39 is 0 Å². The Morgan fingerprint density at radius 1 is 0.941 bits per heavy atom. The molecule has 1 heteroatoms. The summed E-state index contributed by atoms with van der Waals surface area (Å²) in [6, 6.07) is 0.747. The van der Waals surface area contributed by atoms with E-state index in [1.54, 1.807) is 0 Å². The van der Waals surface area contributed by atoms with Crippen LogP contribution in [0.15, 0.2) is 0 Å². The molecule has 17 heavy (non-hydrogen) atoms. The van der Waals surface area contributed by atoms with E-state index in [-0.39, 0.29) is 0 Å². The minimum Gasteiger partial charge on any atom is -0.314 e. The van der Waals surface area contributed by atoms with Gasteiger partial charge in [-0.05, 0) is 25.3 Å². The van der Waals surface area contributed by atoms with E-state index >= 15 is 0 Å². The van der Waals surface area contributed by atoms with Crippen molar-refractivity contribution in [2.75, 3.05) is 6.54 Å². The molecule has 0 spiro atoms. The average molecular weight is 245 g/mol. The number of hydrogen-bond donors (Lipinski definition) is 1. The second-order valence-corrected chi connectivity index (χ2v) is 4.50. The van der Waals surface area contributed by atoms with Crippen LogP contribution in [0.5, 0.6) is 0 Å². The molecule has 0 rings (SSSR count). The van der Waals surface area contributed by atoms with Crippen LogP contribution >= 0.6 is 0 Å². The lowest BCUT2D eigenvalue weighted by Gasteiger charge is -2.19. The van der Waals surface area contributed by atoms with Crippen molar-refractivity contribution < 1.29 is 0 Å². The molecule has 0 bridgehead atoms. The molecule has 0 saturated heterocycles. The minimum atomic E-state index is 0.747. The summed E-state index contributed by atoms with van der Waals surface area (Å²) in [7, 11) is 0. The Labute approximate surface area is 112 Å². The summed E-state index contributed by atoms with van der Waals surface area (Å²) in [5.74, 6) is 0.888. The third-order valence-electron chi connectivity index (χ3n) is 2.45. The second-order valence-electron chi connectivity index (χ2n) is 4.50. The van der Waals surface area contributed by atoms with Crippen molar-refractivity contribution in [3.8, 4) is 0 Å². The Hall–Kier alpha value is -0.0400. The summed E-state index contributed by atoms with van der Waals surface area (Å²) in [6.45, 7) is 18.4. The van der Waals surface area contributed by atoms with Crippen molar-refractivity contribution in [1.82, 2.24) is 5.32 Å². The zero-order chi connectivity index (χ0) is 14.1. The van der Waals surface area contributed by atoms with Gasteiger partial charge >= 0.3 is 0 Å². The number of rotatable bonds is 7. The lowest BCUT2D eigenvalue weighted by Crippen LogP contribution is -2.29. The summed E-state index contributed by atoms with van der Waals surface area (Å²) < 4.78 is 0. The molecule has 0 aromatic carbocycles. The van der Waals surface area contributed by atoms with Crippen LogP contribution in [0.25, 0.3) is 0 Å². The molecule has 0 aromatic heterocycles. The van der Waals surface area contributed by atoms with E-state index in [4.69, 9.17) is 0 Å². The van der Waals surface area contributed by atoms with Crippen LogP contribution in [-0.4, -0.2) is 12.6 Å². The van der Waals surface area contributed by atoms with Crippen molar-refractivity contribution >= 4 is 0 Å². The molecule has 2 atom stereocenters. The highest BCUT2D eigenvalue weighted by Crippen LogP contribution is 2.13. The van der Waals surface area contributed by atoms with Gasteiger partial charge in [-0.2, -0.15) is 0 Å². The molecular formula is C16H39N. The van der Waals surface area contributed by atoms with Gasteiger partial charge in [0.05, 0.1) is 0 Å². The molecule has 1 nitrogen and oxygen atoms in total. The van der Waals surface area contributed by atoms with Gasteiger partial charge in [-0.1, -0.05) is 74.7 Å². The molecule has 0 aliphatic rings. The molecule has 2 unspecified atom stereocenters. The topological polar surface area (TPSA) is 12.0 Å². The van der Waals surface area contributed by atoms with Gasteiger partial charge in [0.15, 0.2) is 0 Å². The molecule has 0 aliphatic carbocycles. The second kappa shape index (κ2) is 21.3. The highest BCUT2D eigenvalue weighted by molar-refractivity contribution is 4.67. The Kier molecular flexibility index (Phi) is 27.7. The fourth-order valence-electron chi connectivity index (χ4n) is 1.78. The highest BCUT2D eigenvalue weighted by atomic mass is 14.9. The zero-order valence-electron chi connectivity index (χ0n) is 13.9. The van der Waals surface area contributed by atoms with Crippen LogP contribution < -0.4 is 5.32 Å². The molecule has 0 amide bonds. The molecule has 0 aliphatic heterocycles. The maximum atomic E-state index is 3.52. The van der Waals surface area contributed by atoms with Crippen LogP contribution in [0.4, 0.5) is 0 Å². The maximum absolute atomic E-state index is 3.52. The predicted molar refractivity (Wildman–Crippen MR) is 83.8 cm³/mol.